The first-order chi connectivity index (χ1) is 13.2. The summed E-state index contributed by atoms with van der Waals surface area (Å²) in [7, 11) is 3.18. The Hall–Kier alpha value is -2.64. The number of rotatable bonds is 5. The van der Waals surface area contributed by atoms with Crippen LogP contribution in [-0.2, 0) is 6.42 Å². The minimum absolute atomic E-state index is 0.147. The zero-order valence-electron chi connectivity index (χ0n) is 17.6. The molecule has 2 rings (SSSR count). The number of ether oxygens (including phenoxy) is 2. The molecule has 1 atom stereocenters. The monoisotopic (exact) mass is 392 g/mol. The molecule has 1 aromatic carbocycles. The van der Waals surface area contributed by atoms with Crippen LogP contribution < -0.4 is 25.4 Å². The van der Waals surface area contributed by atoms with E-state index in [1.54, 1.807) is 19.1 Å². The Labute approximate surface area is 166 Å². The number of methoxy groups -OCH3 is 2. The molecule has 0 fully saturated rings. The smallest absolute Gasteiger partial charge is 0.317 e. The molecule has 0 bridgehead atoms. The standard InChI is InChI=1S/C20H32N4O4/c1-7-21-19(26)24-9-8-13-10-16(27-5)17(28-6)11-14(13)15(24)12-22-18(25)23-20(2,3)4/h10-11,15H,7-9,12H2,1-6H3,(H,21,26)(H2,22,23,25)/t15-/m1/s1. The van der Waals surface area contributed by atoms with Gasteiger partial charge in [-0.05, 0) is 57.4 Å². The summed E-state index contributed by atoms with van der Waals surface area (Å²) < 4.78 is 10.8. The van der Waals surface area contributed by atoms with Gasteiger partial charge < -0.3 is 30.3 Å². The number of nitrogens with one attached hydrogen (secondary N) is 3. The van der Waals surface area contributed by atoms with E-state index < -0.39 is 0 Å². The molecule has 1 heterocycles. The van der Waals surface area contributed by atoms with E-state index in [9.17, 15) is 9.59 Å². The van der Waals surface area contributed by atoms with E-state index in [1.165, 1.54) is 0 Å². The summed E-state index contributed by atoms with van der Waals surface area (Å²) in [5.41, 5.74) is 1.69. The maximum Gasteiger partial charge on any atom is 0.317 e. The Morgan fingerprint density at radius 1 is 1.14 bits per heavy atom. The number of nitrogens with zero attached hydrogens (tertiary/aromatic N) is 1. The highest BCUT2D eigenvalue weighted by atomic mass is 16.5. The minimum atomic E-state index is -0.343. The lowest BCUT2D eigenvalue weighted by molar-refractivity contribution is 0.167. The van der Waals surface area contributed by atoms with Gasteiger partial charge in [-0.25, -0.2) is 9.59 Å². The van der Waals surface area contributed by atoms with Crippen molar-refractivity contribution in [1.82, 2.24) is 20.9 Å². The third-order valence-corrected chi connectivity index (χ3v) is 4.54. The lowest BCUT2D eigenvalue weighted by Gasteiger charge is -2.38. The second-order valence-corrected chi connectivity index (χ2v) is 7.79. The second-order valence-electron chi connectivity index (χ2n) is 7.79. The summed E-state index contributed by atoms with van der Waals surface area (Å²) in [5.74, 6) is 1.26. The Bertz CT molecular complexity index is 715. The van der Waals surface area contributed by atoms with Crippen molar-refractivity contribution in [2.75, 3.05) is 33.9 Å². The molecule has 0 spiro atoms. The van der Waals surface area contributed by atoms with Crippen molar-refractivity contribution in [2.45, 2.75) is 45.7 Å². The summed E-state index contributed by atoms with van der Waals surface area (Å²) in [6.07, 6.45) is 0.706. The average molecular weight is 393 g/mol. The number of fused-ring (bicyclic) bond motifs is 1. The number of carbonyl (C=O) groups excluding carboxylic acids is 2. The Morgan fingerprint density at radius 3 is 2.36 bits per heavy atom. The van der Waals surface area contributed by atoms with Crippen LogP contribution in [-0.4, -0.2) is 56.4 Å². The van der Waals surface area contributed by atoms with Gasteiger partial charge in [-0.3, -0.25) is 0 Å². The van der Waals surface area contributed by atoms with Gasteiger partial charge in [0, 0.05) is 25.2 Å². The van der Waals surface area contributed by atoms with Crippen molar-refractivity contribution >= 4 is 12.1 Å². The number of hydrogen-bond donors (Lipinski definition) is 3. The highest BCUT2D eigenvalue weighted by Gasteiger charge is 2.32. The average Bonchev–Trinajstić information content (AvgIpc) is 2.63. The first-order valence-electron chi connectivity index (χ1n) is 9.55. The molecule has 0 saturated heterocycles. The van der Waals surface area contributed by atoms with E-state index >= 15 is 0 Å². The second kappa shape index (κ2) is 9.03. The van der Waals surface area contributed by atoms with Crippen molar-refractivity contribution in [1.29, 1.82) is 0 Å². The SMILES string of the molecule is CCNC(=O)N1CCc2cc(OC)c(OC)cc2[C@H]1CNC(=O)NC(C)(C)C. The molecule has 156 valence electrons. The van der Waals surface area contributed by atoms with Gasteiger partial charge in [-0.2, -0.15) is 0 Å². The van der Waals surface area contributed by atoms with Crippen LogP contribution in [0.25, 0.3) is 0 Å². The molecule has 4 amide bonds. The van der Waals surface area contributed by atoms with Crippen LogP contribution in [0.4, 0.5) is 9.59 Å². The van der Waals surface area contributed by atoms with Crippen molar-refractivity contribution in [2.24, 2.45) is 0 Å². The zero-order valence-corrected chi connectivity index (χ0v) is 17.6. The molecule has 0 saturated carbocycles. The van der Waals surface area contributed by atoms with Gasteiger partial charge in [0.1, 0.15) is 0 Å². The third kappa shape index (κ3) is 5.21. The highest BCUT2D eigenvalue weighted by Crippen LogP contribution is 2.37. The zero-order chi connectivity index (χ0) is 20.9. The summed E-state index contributed by atoms with van der Waals surface area (Å²) in [6.45, 7) is 9.03. The van der Waals surface area contributed by atoms with Crippen molar-refractivity contribution in [3.63, 3.8) is 0 Å². The lowest BCUT2D eigenvalue weighted by Crippen LogP contribution is -2.52. The van der Waals surface area contributed by atoms with Crippen molar-refractivity contribution in [3.8, 4) is 11.5 Å². The molecule has 1 aliphatic rings. The van der Waals surface area contributed by atoms with E-state index in [0.29, 0.717) is 37.6 Å². The number of hydrogen-bond acceptors (Lipinski definition) is 4. The van der Waals surface area contributed by atoms with E-state index in [0.717, 1.165) is 11.1 Å². The third-order valence-electron chi connectivity index (χ3n) is 4.54. The Morgan fingerprint density at radius 2 is 1.79 bits per heavy atom. The van der Waals surface area contributed by atoms with Gasteiger partial charge in [0.15, 0.2) is 11.5 Å². The molecule has 0 aromatic heterocycles. The quantitative estimate of drug-likeness (QED) is 0.718. The van der Waals surface area contributed by atoms with Gasteiger partial charge in [-0.1, -0.05) is 0 Å². The summed E-state index contributed by atoms with van der Waals surface area (Å²) in [5, 5.41) is 8.63. The lowest BCUT2D eigenvalue weighted by atomic mass is 9.92. The van der Waals surface area contributed by atoms with Gasteiger partial charge in [-0.15, -0.1) is 0 Å². The predicted molar refractivity (Wildman–Crippen MR) is 108 cm³/mol. The molecule has 0 unspecified atom stereocenters. The molecular formula is C20H32N4O4. The van der Waals surface area contributed by atoms with Crippen LogP contribution in [0.5, 0.6) is 11.5 Å². The molecular weight excluding hydrogens is 360 g/mol. The fourth-order valence-electron chi connectivity index (χ4n) is 3.32. The maximum absolute atomic E-state index is 12.6. The van der Waals surface area contributed by atoms with Crippen LogP contribution in [0.2, 0.25) is 0 Å². The van der Waals surface area contributed by atoms with Crippen molar-refractivity contribution < 1.29 is 19.1 Å². The van der Waals surface area contributed by atoms with Gasteiger partial charge in [0.25, 0.3) is 0 Å². The van der Waals surface area contributed by atoms with Crippen LogP contribution in [0.1, 0.15) is 44.9 Å². The molecule has 3 N–H and O–H groups in total. The number of urea groups is 2. The fourth-order valence-corrected chi connectivity index (χ4v) is 3.32. The van der Waals surface area contributed by atoms with Gasteiger partial charge in [0.2, 0.25) is 0 Å². The van der Waals surface area contributed by atoms with Crippen LogP contribution in [0.15, 0.2) is 12.1 Å². The first kappa shape index (κ1) is 21.7. The summed E-state index contributed by atoms with van der Waals surface area (Å²) in [6, 6.07) is 3.13. The normalized spacial score (nSPS) is 16.1. The molecule has 8 heteroatoms. The summed E-state index contributed by atoms with van der Waals surface area (Å²) in [4.78, 5) is 26.6. The van der Waals surface area contributed by atoms with Crippen LogP contribution in [0, 0.1) is 0 Å². The molecule has 28 heavy (non-hydrogen) atoms. The molecule has 1 aromatic rings. The minimum Gasteiger partial charge on any atom is -0.493 e. The molecule has 8 nitrogen and oxygen atoms in total. The molecule has 0 radical (unpaired) electrons. The van der Waals surface area contributed by atoms with E-state index in [2.05, 4.69) is 16.0 Å². The molecule has 0 aliphatic carbocycles. The van der Waals surface area contributed by atoms with E-state index in [-0.39, 0.29) is 23.6 Å². The van der Waals surface area contributed by atoms with Crippen LogP contribution >= 0.6 is 0 Å². The number of amides is 4. The van der Waals surface area contributed by atoms with E-state index in [4.69, 9.17) is 9.47 Å². The summed E-state index contributed by atoms with van der Waals surface area (Å²) >= 11 is 0. The topological polar surface area (TPSA) is 91.9 Å². The number of benzene rings is 1. The molecule has 1 aliphatic heterocycles. The Balaban J connectivity index is 2.32. The van der Waals surface area contributed by atoms with Gasteiger partial charge >= 0.3 is 12.1 Å². The van der Waals surface area contributed by atoms with Crippen LogP contribution in [0.3, 0.4) is 0 Å². The highest BCUT2D eigenvalue weighted by molar-refractivity contribution is 5.76. The van der Waals surface area contributed by atoms with E-state index in [1.807, 2.05) is 39.8 Å². The van der Waals surface area contributed by atoms with Gasteiger partial charge in [0.05, 0.1) is 20.3 Å². The first-order valence-corrected chi connectivity index (χ1v) is 9.55. The fraction of sp³-hybridized carbons (Fsp3) is 0.600. The number of carbonyl (C=O) groups is 2. The van der Waals surface area contributed by atoms with Crippen molar-refractivity contribution in [3.05, 3.63) is 23.3 Å². The Kier molecular flexibility index (Phi) is 6.99. The predicted octanol–water partition coefficient (Wildman–Crippen LogP) is 2.43. The largest absolute Gasteiger partial charge is 0.493 e. The maximum atomic E-state index is 12.6.